The van der Waals surface area contributed by atoms with Crippen LogP contribution in [-0.4, -0.2) is 25.2 Å². The van der Waals surface area contributed by atoms with Crippen LogP contribution >= 0.6 is 0 Å². The molecule has 6 aromatic carbocycles. The topological polar surface area (TPSA) is 32.8 Å². The maximum absolute atomic E-state index is 6.90. The van der Waals surface area contributed by atoms with Crippen LogP contribution in [0.25, 0.3) is 76.5 Å². The van der Waals surface area contributed by atoms with Crippen molar-refractivity contribution < 1.29 is 8.83 Å². The van der Waals surface area contributed by atoms with E-state index in [9.17, 15) is 0 Å². The average molecular weight is 629 g/mol. The first-order chi connectivity index (χ1) is 23.6. The van der Waals surface area contributed by atoms with Crippen LogP contribution in [0.5, 0.6) is 0 Å². The van der Waals surface area contributed by atoms with Gasteiger partial charge in [-0.3, -0.25) is 0 Å². The number of rotatable bonds is 3. The third-order valence-electron chi connectivity index (χ3n) is 11.4. The van der Waals surface area contributed by atoms with Crippen LogP contribution in [0.15, 0.2) is 106 Å². The number of furan rings is 2. The fourth-order valence-corrected chi connectivity index (χ4v) is 8.83. The molecule has 2 saturated heterocycles. The maximum atomic E-state index is 6.90. The van der Waals surface area contributed by atoms with E-state index in [-0.39, 0.29) is 0 Å². The summed E-state index contributed by atoms with van der Waals surface area (Å²) in [5.41, 5.74) is 8.50. The van der Waals surface area contributed by atoms with Crippen molar-refractivity contribution in [2.24, 2.45) is 0 Å². The van der Waals surface area contributed by atoms with Gasteiger partial charge in [-0.25, -0.2) is 0 Å². The number of benzene rings is 6. The van der Waals surface area contributed by atoms with E-state index in [1.54, 1.807) is 0 Å². The van der Waals surface area contributed by atoms with E-state index in [0.717, 1.165) is 68.1 Å². The highest BCUT2D eigenvalue weighted by molar-refractivity contribution is 6.25. The van der Waals surface area contributed by atoms with Crippen molar-refractivity contribution in [2.75, 3.05) is 22.9 Å². The Kier molecular flexibility index (Phi) is 6.31. The molecule has 4 nitrogen and oxygen atoms in total. The summed E-state index contributed by atoms with van der Waals surface area (Å²) in [4.78, 5) is 5.13. The van der Waals surface area contributed by atoms with Gasteiger partial charge >= 0.3 is 0 Å². The molecule has 238 valence electrons. The van der Waals surface area contributed by atoms with Crippen molar-refractivity contribution in [1.82, 2.24) is 0 Å². The summed E-state index contributed by atoms with van der Waals surface area (Å²) in [6.45, 7) is 6.96. The maximum Gasteiger partial charge on any atom is 0.144 e. The van der Waals surface area contributed by atoms with Gasteiger partial charge < -0.3 is 18.6 Å². The first-order valence-corrected chi connectivity index (χ1v) is 17.9. The molecule has 2 aliphatic rings. The van der Waals surface area contributed by atoms with E-state index in [4.69, 9.17) is 8.83 Å². The Morgan fingerprint density at radius 3 is 1.75 bits per heavy atom. The zero-order valence-corrected chi connectivity index (χ0v) is 27.8. The van der Waals surface area contributed by atoms with Crippen molar-refractivity contribution in [3.8, 4) is 11.1 Å². The van der Waals surface area contributed by atoms with Crippen LogP contribution in [-0.2, 0) is 0 Å². The third-order valence-corrected chi connectivity index (χ3v) is 11.4. The van der Waals surface area contributed by atoms with Crippen LogP contribution in [0.2, 0.25) is 0 Å². The minimum absolute atomic E-state index is 0.572. The van der Waals surface area contributed by atoms with Crippen LogP contribution in [0, 0.1) is 0 Å². The van der Waals surface area contributed by atoms with Crippen LogP contribution in [0.4, 0.5) is 11.4 Å². The van der Waals surface area contributed by atoms with Gasteiger partial charge in [0.25, 0.3) is 0 Å². The monoisotopic (exact) mass is 628 g/mol. The molecule has 4 heteroatoms. The highest BCUT2D eigenvalue weighted by Gasteiger charge is 2.24. The lowest BCUT2D eigenvalue weighted by molar-refractivity contribution is 0.485. The zero-order chi connectivity index (χ0) is 31.9. The quantitative estimate of drug-likeness (QED) is 0.195. The summed E-state index contributed by atoms with van der Waals surface area (Å²) in [5, 5.41) is 9.36. The summed E-state index contributed by atoms with van der Waals surface area (Å²) in [5.74, 6) is 0. The zero-order valence-electron chi connectivity index (χ0n) is 27.8. The summed E-state index contributed by atoms with van der Waals surface area (Å²) in [7, 11) is 0. The molecule has 0 bridgehead atoms. The molecule has 0 spiro atoms. The van der Waals surface area contributed by atoms with Crippen molar-refractivity contribution in [1.29, 1.82) is 0 Å². The molecular formula is C44H40N2O2. The Bertz CT molecular complexity index is 2480. The second kappa shape index (κ2) is 10.8. The molecule has 0 saturated carbocycles. The Morgan fingerprint density at radius 2 is 1.12 bits per heavy atom. The first kappa shape index (κ1) is 28.1. The standard InChI is InChI=1S/C44H40N2O2/c1-27-10-6-8-18-45(27)34-16-14-30-22-36-37-26-41-43(42(29-12-4-3-5-13-29)44(37)48-39(36)24-32(30)20-34)38-23-31-15-17-35(21-33(31)25-40(38)47-41)46-19-9-7-11-28(46)2/h3-5,12-17,20-28H,6-11,18-19H2,1-2H3. The highest BCUT2D eigenvalue weighted by atomic mass is 16.3. The highest BCUT2D eigenvalue weighted by Crippen LogP contribution is 2.46. The molecule has 2 fully saturated rings. The Morgan fingerprint density at radius 1 is 0.521 bits per heavy atom. The third kappa shape index (κ3) is 4.35. The second-order valence-corrected chi connectivity index (χ2v) is 14.4. The fraction of sp³-hybridized carbons (Fsp3) is 0.273. The summed E-state index contributed by atoms with van der Waals surface area (Å²) >= 11 is 0. The molecule has 2 atom stereocenters. The van der Waals surface area contributed by atoms with E-state index in [0.29, 0.717) is 12.1 Å². The summed E-state index contributed by atoms with van der Waals surface area (Å²) in [6.07, 6.45) is 7.68. The lowest BCUT2D eigenvalue weighted by atomic mass is 9.95. The van der Waals surface area contributed by atoms with Crippen molar-refractivity contribution in [2.45, 2.75) is 64.5 Å². The molecule has 48 heavy (non-hydrogen) atoms. The van der Waals surface area contributed by atoms with Crippen LogP contribution in [0.1, 0.15) is 52.4 Å². The second-order valence-electron chi connectivity index (χ2n) is 14.4. The molecule has 0 aliphatic carbocycles. The van der Waals surface area contributed by atoms with Crippen molar-refractivity contribution in [3.63, 3.8) is 0 Å². The van der Waals surface area contributed by atoms with Gasteiger partial charge in [-0.2, -0.15) is 0 Å². The van der Waals surface area contributed by atoms with Gasteiger partial charge in [0, 0.05) is 63.7 Å². The molecule has 0 amide bonds. The predicted molar refractivity (Wildman–Crippen MR) is 203 cm³/mol. The van der Waals surface area contributed by atoms with Gasteiger partial charge in [0.15, 0.2) is 0 Å². The van der Waals surface area contributed by atoms with Crippen LogP contribution in [0.3, 0.4) is 0 Å². The molecule has 2 aromatic heterocycles. The lowest BCUT2D eigenvalue weighted by Gasteiger charge is -2.35. The minimum Gasteiger partial charge on any atom is -0.456 e. The molecule has 2 unspecified atom stereocenters. The molecule has 0 N–H and O–H groups in total. The van der Waals surface area contributed by atoms with Crippen molar-refractivity contribution >= 4 is 76.8 Å². The molecule has 10 rings (SSSR count). The Labute approximate surface area is 280 Å². The Hall–Kier alpha value is -4.96. The van der Waals surface area contributed by atoms with E-state index < -0.39 is 0 Å². The number of anilines is 2. The molecule has 4 heterocycles. The van der Waals surface area contributed by atoms with E-state index in [1.807, 2.05) is 0 Å². The summed E-state index contributed by atoms with van der Waals surface area (Å²) < 4.78 is 13.7. The molecule has 8 aromatic rings. The van der Waals surface area contributed by atoms with Gasteiger partial charge in [-0.1, -0.05) is 42.5 Å². The molecular weight excluding hydrogens is 588 g/mol. The fourth-order valence-electron chi connectivity index (χ4n) is 8.83. The van der Waals surface area contributed by atoms with E-state index >= 15 is 0 Å². The number of nitrogens with zero attached hydrogens (tertiary/aromatic N) is 2. The van der Waals surface area contributed by atoms with Crippen LogP contribution < -0.4 is 9.80 Å². The molecule has 2 aliphatic heterocycles. The minimum atomic E-state index is 0.572. The lowest BCUT2D eigenvalue weighted by Crippen LogP contribution is -2.37. The number of fused-ring (bicyclic) bond motifs is 8. The number of piperidine rings is 2. The van der Waals surface area contributed by atoms with Gasteiger partial charge in [-0.05, 0) is 134 Å². The summed E-state index contributed by atoms with van der Waals surface area (Å²) in [6, 6.07) is 37.0. The normalized spacial score (nSPS) is 19.1. The van der Waals surface area contributed by atoms with Gasteiger partial charge in [0.1, 0.15) is 22.3 Å². The Balaban J connectivity index is 1.19. The van der Waals surface area contributed by atoms with Gasteiger partial charge in [0.2, 0.25) is 0 Å². The molecule has 0 radical (unpaired) electrons. The van der Waals surface area contributed by atoms with Gasteiger partial charge in [0.05, 0.1) is 0 Å². The SMILES string of the molecule is CC1CCCCN1c1ccc2cc3c(cc2c1)oc1c(-c2ccccc2)c2c(cc13)oc1cc3cc(N4CCCCC4C)ccc3cc12. The average Bonchev–Trinajstić information content (AvgIpc) is 3.65. The van der Waals surface area contributed by atoms with E-state index in [1.165, 1.54) is 71.4 Å². The predicted octanol–water partition coefficient (Wildman–Crippen LogP) is 12.2. The van der Waals surface area contributed by atoms with E-state index in [2.05, 4.69) is 121 Å². The number of hydrogen-bond donors (Lipinski definition) is 0. The van der Waals surface area contributed by atoms with Crippen molar-refractivity contribution in [3.05, 3.63) is 97.1 Å². The first-order valence-electron chi connectivity index (χ1n) is 17.9. The van der Waals surface area contributed by atoms with Gasteiger partial charge in [-0.15, -0.1) is 0 Å². The smallest absolute Gasteiger partial charge is 0.144 e. The number of hydrogen-bond acceptors (Lipinski definition) is 4. The largest absolute Gasteiger partial charge is 0.456 e.